The maximum absolute atomic E-state index is 6.74. The third kappa shape index (κ3) is 6.20. The summed E-state index contributed by atoms with van der Waals surface area (Å²) in [6.45, 7) is 14.8. The Bertz CT molecular complexity index is 4340. The molecule has 0 saturated carbocycles. The first-order chi connectivity index (χ1) is 35.5. The highest BCUT2D eigenvalue weighted by molar-refractivity contribution is 6.20. The second kappa shape index (κ2) is 15.7. The predicted molar refractivity (Wildman–Crippen MR) is 308 cm³/mol. The molecule has 0 spiro atoms. The SMILES string of the molecule is CC(C)(C)C1(C(C)(C)C)c2cc3cc(N(c4ccccc4)c4cccc5c4oc4ccccc45)ccc3cc2-c2c1c1ccc(N(c3ccccc3)c3cccc4c3oc3ccccc34)cc1c1ccccc21. The van der Waals surface area contributed by atoms with Crippen molar-refractivity contribution in [3.8, 4) is 11.1 Å². The number of hydrogen-bond acceptors (Lipinski definition) is 4. The van der Waals surface area contributed by atoms with E-state index < -0.39 is 5.41 Å². The molecule has 0 aliphatic heterocycles. The lowest BCUT2D eigenvalue weighted by molar-refractivity contribution is 0.0965. The van der Waals surface area contributed by atoms with Crippen LogP contribution in [-0.2, 0) is 5.41 Å². The van der Waals surface area contributed by atoms with Gasteiger partial charge in [0.1, 0.15) is 11.2 Å². The fourth-order valence-corrected chi connectivity index (χ4v) is 13.6. The number of anilines is 6. The number of nitrogens with zero attached hydrogens (tertiary/aromatic N) is 2. The van der Waals surface area contributed by atoms with Gasteiger partial charge in [0.25, 0.3) is 0 Å². The lowest BCUT2D eigenvalue weighted by Crippen LogP contribution is -2.50. The summed E-state index contributed by atoms with van der Waals surface area (Å²) in [5.41, 5.74) is 14.4. The summed E-state index contributed by atoms with van der Waals surface area (Å²) in [7, 11) is 0. The van der Waals surface area contributed by atoms with Crippen molar-refractivity contribution in [2.24, 2.45) is 10.8 Å². The monoisotopic (exact) mass is 942 g/mol. The highest BCUT2D eigenvalue weighted by Crippen LogP contribution is 2.68. The maximum Gasteiger partial charge on any atom is 0.159 e. The molecule has 73 heavy (non-hydrogen) atoms. The highest BCUT2D eigenvalue weighted by atomic mass is 16.3. The first-order valence-electron chi connectivity index (χ1n) is 25.6. The van der Waals surface area contributed by atoms with Gasteiger partial charge < -0.3 is 18.6 Å². The van der Waals surface area contributed by atoms with E-state index in [1.165, 1.54) is 54.6 Å². The molecule has 0 fully saturated rings. The largest absolute Gasteiger partial charge is 0.454 e. The van der Waals surface area contributed by atoms with Crippen LogP contribution in [0.1, 0.15) is 52.7 Å². The molecule has 0 amide bonds. The van der Waals surface area contributed by atoms with E-state index in [4.69, 9.17) is 8.83 Å². The fourth-order valence-electron chi connectivity index (χ4n) is 13.6. The molecule has 0 unspecified atom stereocenters. The van der Waals surface area contributed by atoms with Crippen LogP contribution in [-0.4, -0.2) is 0 Å². The van der Waals surface area contributed by atoms with Gasteiger partial charge in [-0.25, -0.2) is 0 Å². The van der Waals surface area contributed by atoms with Crippen LogP contribution in [0.2, 0.25) is 0 Å². The van der Waals surface area contributed by atoms with Crippen LogP contribution in [0.4, 0.5) is 34.1 Å². The topological polar surface area (TPSA) is 32.8 Å². The van der Waals surface area contributed by atoms with Gasteiger partial charge in [0.15, 0.2) is 11.2 Å². The van der Waals surface area contributed by atoms with Gasteiger partial charge in [0, 0.05) is 49.7 Å². The minimum absolute atomic E-state index is 0.218. The van der Waals surface area contributed by atoms with E-state index in [2.05, 4.69) is 258 Å². The highest BCUT2D eigenvalue weighted by Gasteiger charge is 2.59. The summed E-state index contributed by atoms with van der Waals surface area (Å²) in [6.07, 6.45) is 0. The van der Waals surface area contributed by atoms with Crippen molar-refractivity contribution in [2.45, 2.75) is 47.0 Å². The quantitative estimate of drug-likeness (QED) is 0.156. The van der Waals surface area contributed by atoms with Gasteiger partial charge in [-0.1, -0.05) is 175 Å². The maximum atomic E-state index is 6.74. The Morgan fingerprint density at radius 3 is 1.38 bits per heavy atom. The second-order valence-electron chi connectivity index (χ2n) is 22.1. The van der Waals surface area contributed by atoms with Crippen molar-refractivity contribution in [2.75, 3.05) is 9.80 Å². The normalized spacial score (nSPS) is 13.5. The van der Waals surface area contributed by atoms with Gasteiger partial charge in [0.05, 0.1) is 11.4 Å². The Morgan fingerprint density at radius 2 is 0.822 bits per heavy atom. The minimum atomic E-state index is -0.420. The summed E-state index contributed by atoms with van der Waals surface area (Å²) >= 11 is 0. The summed E-state index contributed by atoms with van der Waals surface area (Å²) in [5, 5.41) is 11.9. The molecule has 4 nitrogen and oxygen atoms in total. The molecule has 14 rings (SSSR count). The molecule has 13 aromatic rings. The zero-order valence-corrected chi connectivity index (χ0v) is 42.0. The fraction of sp³-hybridized carbons (Fsp3) is 0.130. The van der Waals surface area contributed by atoms with Crippen LogP contribution in [0, 0.1) is 10.8 Å². The van der Waals surface area contributed by atoms with E-state index in [1.54, 1.807) is 0 Å². The smallest absolute Gasteiger partial charge is 0.159 e. The number of benzene rings is 11. The van der Waals surface area contributed by atoms with Crippen molar-refractivity contribution in [1.82, 2.24) is 0 Å². The van der Waals surface area contributed by atoms with E-state index in [9.17, 15) is 0 Å². The third-order valence-electron chi connectivity index (χ3n) is 16.1. The third-order valence-corrected chi connectivity index (χ3v) is 16.1. The second-order valence-corrected chi connectivity index (χ2v) is 22.1. The number of furan rings is 2. The molecule has 0 atom stereocenters. The molecule has 1 aliphatic carbocycles. The number of fused-ring (bicyclic) bond motifs is 15. The molecule has 11 aromatic carbocycles. The Kier molecular flexibility index (Phi) is 9.29. The zero-order chi connectivity index (χ0) is 49.4. The molecule has 2 aromatic heterocycles. The molecule has 2 heterocycles. The van der Waals surface area contributed by atoms with E-state index in [1.807, 2.05) is 12.1 Å². The lowest BCUT2D eigenvalue weighted by Gasteiger charge is -2.53. The standard InChI is InChI=1S/C69H54N2O2/c1-67(2,3)69(68(4,5)6)58-41-44-39-47(70(45-21-9-7-10-22-45)59-31-19-29-54-50-26-15-17-33-61(50)72-65(54)59)36-35-43(44)40-57(58)63-52-28-14-13-25-49(52)56-42-48(37-38-53(56)64(63)69)71(46-23-11-8-12-24-46)60-32-20-30-55-51-27-16-18-34-62(51)73-66(55)60/h7-42H,1-6H3. The Morgan fingerprint density at radius 1 is 0.342 bits per heavy atom. The molecule has 0 bridgehead atoms. The van der Waals surface area contributed by atoms with Crippen LogP contribution in [0.25, 0.3) is 87.3 Å². The van der Waals surface area contributed by atoms with Crippen LogP contribution >= 0.6 is 0 Å². The summed E-state index contributed by atoms with van der Waals surface area (Å²) in [6, 6.07) is 79.5. The molecule has 0 saturated heterocycles. The van der Waals surface area contributed by atoms with Crippen LogP contribution in [0.3, 0.4) is 0 Å². The molecule has 0 radical (unpaired) electrons. The van der Waals surface area contributed by atoms with Crippen molar-refractivity contribution in [1.29, 1.82) is 0 Å². The van der Waals surface area contributed by atoms with E-state index in [0.717, 1.165) is 78.0 Å². The molecule has 352 valence electrons. The minimum Gasteiger partial charge on any atom is -0.454 e. The Hall–Kier alpha value is -8.60. The first-order valence-corrected chi connectivity index (χ1v) is 25.6. The van der Waals surface area contributed by atoms with Gasteiger partial charge in [-0.2, -0.15) is 0 Å². The average molecular weight is 943 g/mol. The van der Waals surface area contributed by atoms with Crippen molar-refractivity contribution < 1.29 is 8.83 Å². The summed E-state index contributed by atoms with van der Waals surface area (Å²) in [4.78, 5) is 4.73. The zero-order valence-electron chi connectivity index (χ0n) is 42.0. The van der Waals surface area contributed by atoms with E-state index in [0.29, 0.717) is 0 Å². The lowest BCUT2D eigenvalue weighted by atomic mass is 9.49. The van der Waals surface area contributed by atoms with E-state index in [-0.39, 0.29) is 10.8 Å². The molecule has 1 aliphatic rings. The number of rotatable bonds is 6. The predicted octanol–water partition coefficient (Wildman–Crippen LogP) is 20.2. The van der Waals surface area contributed by atoms with Gasteiger partial charge in [-0.05, 0) is 150 Å². The molecule has 0 N–H and O–H groups in total. The Balaban J connectivity index is 1.01. The van der Waals surface area contributed by atoms with Crippen molar-refractivity contribution >= 4 is 110 Å². The van der Waals surface area contributed by atoms with Crippen LogP contribution in [0.15, 0.2) is 227 Å². The molecule has 4 heteroatoms. The number of hydrogen-bond donors (Lipinski definition) is 0. The number of para-hydroxylation sites is 6. The Labute approximate surface area is 425 Å². The summed E-state index contributed by atoms with van der Waals surface area (Å²) < 4.78 is 13.5. The van der Waals surface area contributed by atoms with Gasteiger partial charge >= 0.3 is 0 Å². The summed E-state index contributed by atoms with van der Waals surface area (Å²) in [5.74, 6) is 0. The van der Waals surface area contributed by atoms with Crippen LogP contribution in [0.5, 0.6) is 0 Å². The van der Waals surface area contributed by atoms with E-state index >= 15 is 0 Å². The average Bonchev–Trinajstić information content (AvgIpc) is 4.11. The van der Waals surface area contributed by atoms with Crippen molar-refractivity contribution in [3.63, 3.8) is 0 Å². The van der Waals surface area contributed by atoms with Crippen LogP contribution < -0.4 is 9.80 Å². The molecular formula is C69H54N2O2. The van der Waals surface area contributed by atoms with Crippen molar-refractivity contribution in [3.05, 3.63) is 230 Å². The first kappa shape index (κ1) is 43.2. The van der Waals surface area contributed by atoms with Gasteiger partial charge in [0.2, 0.25) is 0 Å². The molecular weight excluding hydrogens is 889 g/mol. The van der Waals surface area contributed by atoms with Gasteiger partial charge in [-0.3, -0.25) is 0 Å². The van der Waals surface area contributed by atoms with Gasteiger partial charge in [-0.15, -0.1) is 0 Å².